The number of anilines is 2. The number of nitrogen functional groups attached to an aromatic ring is 1. The Bertz CT molecular complexity index is 1140. The number of fused-ring (bicyclic) bond motifs is 1. The molecule has 0 aliphatic rings. The number of hydrogen-bond donors (Lipinski definition) is 6. The van der Waals surface area contributed by atoms with E-state index in [-0.39, 0.29) is 23.6 Å². The molecule has 162 valence electrons. The molecular formula is C20H23N7O4. The lowest BCUT2D eigenvalue weighted by atomic mass is 10.1. The highest BCUT2D eigenvalue weighted by Crippen LogP contribution is 2.13. The first-order valence-electron chi connectivity index (χ1n) is 9.59. The highest BCUT2D eigenvalue weighted by atomic mass is 16.4. The van der Waals surface area contributed by atoms with Crippen molar-refractivity contribution in [1.29, 1.82) is 0 Å². The molecule has 3 rings (SSSR count). The predicted octanol–water partition coefficient (Wildman–Crippen LogP) is 0.434. The van der Waals surface area contributed by atoms with Gasteiger partial charge in [0, 0.05) is 24.0 Å². The lowest BCUT2D eigenvalue weighted by Crippen LogP contribution is -2.41. The van der Waals surface area contributed by atoms with Crippen LogP contribution in [0.1, 0.15) is 28.8 Å². The van der Waals surface area contributed by atoms with Crippen LogP contribution >= 0.6 is 0 Å². The van der Waals surface area contributed by atoms with E-state index in [4.69, 9.17) is 11.5 Å². The van der Waals surface area contributed by atoms with Crippen molar-refractivity contribution in [2.24, 2.45) is 5.73 Å². The number of carbonyl (C=O) groups is 2. The molecular weight excluding hydrogens is 402 g/mol. The number of nitrogens with one attached hydrogen (secondary N) is 3. The van der Waals surface area contributed by atoms with Crippen molar-refractivity contribution in [2.45, 2.75) is 25.4 Å². The molecule has 0 bridgehead atoms. The molecule has 3 aromatic rings. The van der Waals surface area contributed by atoms with Crippen molar-refractivity contribution < 1.29 is 14.7 Å². The van der Waals surface area contributed by atoms with E-state index in [1.165, 1.54) is 0 Å². The number of pyridine rings is 1. The van der Waals surface area contributed by atoms with E-state index in [1.54, 1.807) is 36.5 Å². The number of aromatic amines is 1. The first-order valence-corrected chi connectivity index (χ1v) is 9.59. The van der Waals surface area contributed by atoms with Crippen molar-refractivity contribution in [2.75, 3.05) is 17.6 Å². The quantitative estimate of drug-likeness (QED) is 0.282. The van der Waals surface area contributed by atoms with Gasteiger partial charge < -0.3 is 27.2 Å². The molecule has 8 N–H and O–H groups in total. The van der Waals surface area contributed by atoms with E-state index >= 15 is 0 Å². The Morgan fingerprint density at radius 2 is 1.97 bits per heavy atom. The minimum Gasteiger partial charge on any atom is -0.480 e. The van der Waals surface area contributed by atoms with Gasteiger partial charge in [-0.25, -0.2) is 9.78 Å². The van der Waals surface area contributed by atoms with Crippen LogP contribution in [0.25, 0.3) is 11.0 Å². The minimum atomic E-state index is -1.10. The number of rotatable bonds is 9. The van der Waals surface area contributed by atoms with E-state index < -0.39 is 17.9 Å². The second-order valence-corrected chi connectivity index (χ2v) is 6.89. The van der Waals surface area contributed by atoms with E-state index in [0.717, 1.165) is 11.3 Å². The molecule has 0 unspecified atom stereocenters. The van der Waals surface area contributed by atoms with Crippen LogP contribution in [0.2, 0.25) is 0 Å². The Morgan fingerprint density at radius 3 is 2.65 bits per heavy atom. The number of carboxylic acids is 1. The molecule has 31 heavy (non-hydrogen) atoms. The van der Waals surface area contributed by atoms with Gasteiger partial charge in [0.1, 0.15) is 6.04 Å². The molecule has 0 aliphatic heterocycles. The predicted molar refractivity (Wildman–Crippen MR) is 116 cm³/mol. The molecule has 11 heteroatoms. The van der Waals surface area contributed by atoms with Crippen LogP contribution in [-0.2, 0) is 11.3 Å². The first-order chi connectivity index (χ1) is 14.9. The van der Waals surface area contributed by atoms with Gasteiger partial charge in [0.15, 0.2) is 5.65 Å². The van der Waals surface area contributed by atoms with E-state index in [2.05, 4.69) is 25.6 Å². The van der Waals surface area contributed by atoms with Crippen molar-refractivity contribution in [1.82, 2.24) is 20.3 Å². The molecule has 1 atom stereocenters. The summed E-state index contributed by atoms with van der Waals surface area (Å²) in [6, 6.07) is 7.28. The minimum absolute atomic E-state index is 0.00839. The zero-order valence-corrected chi connectivity index (χ0v) is 16.6. The Balaban J connectivity index is 1.63. The number of aromatic nitrogens is 3. The molecule has 11 nitrogen and oxygen atoms in total. The number of hydrogen-bond acceptors (Lipinski definition) is 8. The third-order valence-electron chi connectivity index (χ3n) is 4.58. The maximum Gasteiger partial charge on any atom is 0.326 e. The molecule has 0 spiro atoms. The largest absolute Gasteiger partial charge is 0.480 e. The Kier molecular flexibility index (Phi) is 6.78. The Labute approximate surface area is 176 Å². The van der Waals surface area contributed by atoms with Crippen LogP contribution in [0.5, 0.6) is 0 Å². The van der Waals surface area contributed by atoms with Gasteiger partial charge in [0.25, 0.3) is 11.5 Å². The molecule has 0 aliphatic carbocycles. The summed E-state index contributed by atoms with van der Waals surface area (Å²) in [6.45, 7) is 0.740. The zero-order valence-electron chi connectivity index (χ0n) is 16.6. The van der Waals surface area contributed by atoms with Crippen LogP contribution in [-0.4, -0.2) is 44.5 Å². The number of carboxylic acid groups (broad SMARTS) is 1. The van der Waals surface area contributed by atoms with Gasteiger partial charge in [-0.15, -0.1) is 0 Å². The Hall–Kier alpha value is -3.99. The highest BCUT2D eigenvalue weighted by Gasteiger charge is 2.20. The fourth-order valence-corrected chi connectivity index (χ4v) is 2.94. The second-order valence-electron chi connectivity index (χ2n) is 6.89. The molecule has 2 aromatic heterocycles. The topological polar surface area (TPSA) is 189 Å². The van der Waals surface area contributed by atoms with Crippen molar-refractivity contribution in [3.05, 3.63) is 58.0 Å². The van der Waals surface area contributed by atoms with Gasteiger partial charge in [-0.2, -0.15) is 4.98 Å². The number of nitrogens with zero attached hydrogens (tertiary/aromatic N) is 2. The molecule has 0 fully saturated rings. The maximum atomic E-state index is 12.3. The summed E-state index contributed by atoms with van der Waals surface area (Å²) in [5.74, 6) is -1.56. The third-order valence-corrected chi connectivity index (χ3v) is 4.58. The number of amides is 1. The van der Waals surface area contributed by atoms with Crippen LogP contribution in [0, 0.1) is 0 Å². The van der Waals surface area contributed by atoms with E-state index in [1.807, 2.05) is 0 Å². The van der Waals surface area contributed by atoms with Gasteiger partial charge >= 0.3 is 5.97 Å². The summed E-state index contributed by atoms with van der Waals surface area (Å²) < 4.78 is 0. The first kappa shape index (κ1) is 21.7. The average Bonchev–Trinajstić information content (AvgIpc) is 2.75. The van der Waals surface area contributed by atoms with E-state index in [0.29, 0.717) is 30.5 Å². The molecule has 0 saturated carbocycles. The number of carbonyl (C=O) groups excluding carboxylic acids is 1. The third kappa shape index (κ3) is 5.54. The normalized spacial score (nSPS) is 11.8. The smallest absolute Gasteiger partial charge is 0.326 e. The monoisotopic (exact) mass is 425 g/mol. The zero-order chi connectivity index (χ0) is 22.4. The lowest BCUT2D eigenvalue weighted by Gasteiger charge is -2.14. The van der Waals surface area contributed by atoms with Gasteiger partial charge in [-0.3, -0.25) is 14.6 Å². The molecule has 0 radical (unpaired) electrons. The summed E-state index contributed by atoms with van der Waals surface area (Å²) in [5.41, 5.74) is 12.7. The summed E-state index contributed by atoms with van der Waals surface area (Å²) >= 11 is 0. The lowest BCUT2D eigenvalue weighted by molar-refractivity contribution is -0.139. The summed E-state index contributed by atoms with van der Waals surface area (Å²) in [6.07, 6.45) is 2.36. The fraction of sp³-hybridized carbons (Fsp3) is 0.250. The summed E-state index contributed by atoms with van der Waals surface area (Å²) in [7, 11) is 0. The van der Waals surface area contributed by atoms with Crippen LogP contribution in [0.3, 0.4) is 0 Å². The highest BCUT2D eigenvalue weighted by molar-refractivity contribution is 5.96. The standard InChI is InChI=1S/C20H23N7O4/c21-7-1-2-15(19(30)31)25-17(28)12-3-5-13(6-4-12)23-9-11-8-14-16(24-10-11)26-20(22)27-18(14)29/h3-6,8,10,15,23H,1-2,7,9,21H2,(H,25,28)(H,30,31)(H3,22,24,26,27,29)/t15-/m0/s1. The van der Waals surface area contributed by atoms with Gasteiger partial charge in [-0.1, -0.05) is 0 Å². The van der Waals surface area contributed by atoms with Crippen LogP contribution in [0.15, 0.2) is 41.3 Å². The molecule has 0 saturated heterocycles. The second kappa shape index (κ2) is 9.67. The maximum absolute atomic E-state index is 12.3. The molecule has 2 heterocycles. The summed E-state index contributed by atoms with van der Waals surface area (Å²) in [4.78, 5) is 46.1. The number of H-pyrrole nitrogens is 1. The van der Waals surface area contributed by atoms with Crippen LogP contribution < -0.4 is 27.7 Å². The Morgan fingerprint density at radius 1 is 1.23 bits per heavy atom. The van der Waals surface area contributed by atoms with Crippen molar-refractivity contribution in [3.8, 4) is 0 Å². The number of benzene rings is 1. The number of aliphatic carboxylic acids is 1. The average molecular weight is 425 g/mol. The fourth-order valence-electron chi connectivity index (χ4n) is 2.94. The van der Waals surface area contributed by atoms with Gasteiger partial charge in [0.2, 0.25) is 5.95 Å². The van der Waals surface area contributed by atoms with Crippen LogP contribution in [0.4, 0.5) is 11.6 Å². The molecule has 1 amide bonds. The van der Waals surface area contributed by atoms with Gasteiger partial charge in [0.05, 0.1) is 5.39 Å². The molecule has 1 aromatic carbocycles. The van der Waals surface area contributed by atoms with E-state index in [9.17, 15) is 19.5 Å². The summed E-state index contributed by atoms with van der Waals surface area (Å²) in [5, 5.41) is 15.2. The number of nitrogens with two attached hydrogens (primary N) is 2. The van der Waals surface area contributed by atoms with Crippen molar-refractivity contribution >= 4 is 34.5 Å². The van der Waals surface area contributed by atoms with Gasteiger partial charge in [-0.05, 0) is 55.3 Å². The van der Waals surface area contributed by atoms with Crippen molar-refractivity contribution in [3.63, 3.8) is 0 Å². The SMILES string of the molecule is NCCC[C@H](NC(=O)c1ccc(NCc2cnc3nc(N)[nH]c(=O)c3c2)cc1)C(=O)O.